The zero-order valence-electron chi connectivity index (χ0n) is 9.75. The first-order valence-electron chi connectivity index (χ1n) is 5.49. The summed E-state index contributed by atoms with van der Waals surface area (Å²) >= 11 is 0. The number of hydrogen-bond acceptors (Lipinski definition) is 3. The fourth-order valence-corrected chi connectivity index (χ4v) is 1.84. The largest absolute Gasteiger partial charge is 0.497 e. The van der Waals surface area contributed by atoms with Crippen molar-refractivity contribution in [1.82, 2.24) is 14.6 Å². The Morgan fingerprint density at radius 3 is 2.67 bits per heavy atom. The lowest BCUT2D eigenvalue weighted by molar-refractivity contribution is 0.415. The summed E-state index contributed by atoms with van der Waals surface area (Å²) in [7, 11) is 1.63. The van der Waals surface area contributed by atoms with Crippen LogP contribution in [0.2, 0.25) is 0 Å². The Morgan fingerprint density at radius 2 is 2.00 bits per heavy atom. The number of aromatic amines is 1. The molecule has 5 heteroatoms. The standard InChI is InChI=1S/C13H11N3O2/c1-18-10-4-2-9(3-5-10)11-8-12-14-7-6-13(17)16(12)15-11/h2-8,15H,1H3. The quantitative estimate of drug-likeness (QED) is 0.742. The number of rotatable bonds is 2. The van der Waals surface area contributed by atoms with E-state index >= 15 is 0 Å². The van der Waals surface area contributed by atoms with Gasteiger partial charge in [0.25, 0.3) is 5.56 Å². The number of nitrogens with zero attached hydrogens (tertiary/aromatic N) is 2. The van der Waals surface area contributed by atoms with Crippen molar-refractivity contribution in [1.29, 1.82) is 0 Å². The minimum absolute atomic E-state index is 0.125. The van der Waals surface area contributed by atoms with Gasteiger partial charge in [-0.1, -0.05) is 0 Å². The predicted molar refractivity (Wildman–Crippen MR) is 67.8 cm³/mol. The Kier molecular flexibility index (Phi) is 2.37. The van der Waals surface area contributed by atoms with Gasteiger partial charge in [0.05, 0.1) is 12.8 Å². The van der Waals surface area contributed by atoms with Gasteiger partial charge >= 0.3 is 0 Å². The number of benzene rings is 1. The second-order valence-electron chi connectivity index (χ2n) is 3.88. The van der Waals surface area contributed by atoms with Gasteiger partial charge in [0.15, 0.2) is 5.65 Å². The molecule has 18 heavy (non-hydrogen) atoms. The Morgan fingerprint density at radius 1 is 1.22 bits per heavy atom. The average Bonchev–Trinajstić information content (AvgIpc) is 2.84. The molecule has 5 nitrogen and oxygen atoms in total. The highest BCUT2D eigenvalue weighted by Gasteiger charge is 2.05. The maximum Gasteiger partial charge on any atom is 0.272 e. The number of ether oxygens (including phenoxy) is 1. The van der Waals surface area contributed by atoms with Crippen LogP contribution in [0.5, 0.6) is 5.75 Å². The number of hydrogen-bond donors (Lipinski definition) is 1. The number of methoxy groups -OCH3 is 1. The Balaban J connectivity index is 2.13. The van der Waals surface area contributed by atoms with Crippen molar-refractivity contribution >= 4 is 5.65 Å². The zero-order valence-corrected chi connectivity index (χ0v) is 9.75. The maximum absolute atomic E-state index is 11.6. The fraction of sp³-hybridized carbons (Fsp3) is 0.0769. The summed E-state index contributed by atoms with van der Waals surface area (Å²) in [5.41, 5.74) is 2.29. The molecule has 0 saturated heterocycles. The molecule has 0 spiro atoms. The van der Waals surface area contributed by atoms with Crippen LogP contribution >= 0.6 is 0 Å². The second-order valence-corrected chi connectivity index (χ2v) is 3.88. The summed E-state index contributed by atoms with van der Waals surface area (Å²) in [4.78, 5) is 15.7. The van der Waals surface area contributed by atoms with Gasteiger partial charge in [-0.25, -0.2) is 9.50 Å². The number of nitrogens with one attached hydrogen (secondary N) is 1. The minimum atomic E-state index is -0.125. The van der Waals surface area contributed by atoms with Crippen LogP contribution in [0.3, 0.4) is 0 Å². The van der Waals surface area contributed by atoms with Crippen LogP contribution < -0.4 is 10.3 Å². The monoisotopic (exact) mass is 241 g/mol. The molecule has 0 fully saturated rings. The molecule has 2 heterocycles. The van der Waals surface area contributed by atoms with E-state index in [1.165, 1.54) is 16.8 Å². The van der Waals surface area contributed by atoms with Crippen LogP contribution in [0.1, 0.15) is 0 Å². The molecule has 3 aromatic rings. The third-order valence-electron chi connectivity index (χ3n) is 2.78. The SMILES string of the molecule is COc1ccc(-c2cc3nccc(=O)n3[nH]2)cc1. The van der Waals surface area contributed by atoms with Crippen LogP contribution in [0.25, 0.3) is 16.9 Å². The Bertz CT molecular complexity index is 741. The molecule has 0 aliphatic carbocycles. The molecule has 1 aromatic carbocycles. The molecule has 0 bridgehead atoms. The van der Waals surface area contributed by atoms with E-state index in [2.05, 4.69) is 10.1 Å². The van der Waals surface area contributed by atoms with Crippen molar-refractivity contribution in [3.8, 4) is 17.0 Å². The van der Waals surface area contributed by atoms with Gasteiger partial charge in [-0.15, -0.1) is 0 Å². The Hall–Kier alpha value is -2.56. The van der Waals surface area contributed by atoms with Gasteiger partial charge in [0, 0.05) is 18.3 Å². The van der Waals surface area contributed by atoms with E-state index in [1.54, 1.807) is 7.11 Å². The zero-order chi connectivity index (χ0) is 12.5. The molecule has 0 amide bonds. The van der Waals surface area contributed by atoms with Gasteiger partial charge < -0.3 is 4.74 Å². The van der Waals surface area contributed by atoms with E-state index in [0.29, 0.717) is 5.65 Å². The molecule has 0 aliphatic rings. The number of fused-ring (bicyclic) bond motifs is 1. The molecule has 2 aromatic heterocycles. The Labute approximate surface area is 103 Å². The van der Waals surface area contributed by atoms with Gasteiger partial charge in [-0.3, -0.25) is 9.89 Å². The van der Waals surface area contributed by atoms with E-state index < -0.39 is 0 Å². The van der Waals surface area contributed by atoms with E-state index in [0.717, 1.165) is 17.0 Å². The minimum Gasteiger partial charge on any atom is -0.497 e. The average molecular weight is 241 g/mol. The smallest absolute Gasteiger partial charge is 0.272 e. The lowest BCUT2D eigenvalue weighted by Crippen LogP contribution is -2.12. The van der Waals surface area contributed by atoms with Crippen LogP contribution in [0, 0.1) is 0 Å². The van der Waals surface area contributed by atoms with Gasteiger partial charge in [-0.2, -0.15) is 0 Å². The molecule has 0 radical (unpaired) electrons. The van der Waals surface area contributed by atoms with Crippen LogP contribution in [0.15, 0.2) is 47.4 Å². The molecule has 0 unspecified atom stereocenters. The highest BCUT2D eigenvalue weighted by atomic mass is 16.5. The van der Waals surface area contributed by atoms with Crippen LogP contribution in [-0.2, 0) is 0 Å². The van der Waals surface area contributed by atoms with Crippen molar-refractivity contribution in [2.45, 2.75) is 0 Å². The summed E-state index contributed by atoms with van der Waals surface area (Å²) < 4.78 is 6.52. The van der Waals surface area contributed by atoms with Gasteiger partial charge in [-0.05, 0) is 29.8 Å². The summed E-state index contributed by atoms with van der Waals surface area (Å²) in [6, 6.07) is 10.8. The first kappa shape index (κ1) is 10.6. The fourth-order valence-electron chi connectivity index (χ4n) is 1.84. The molecule has 1 N–H and O–H groups in total. The summed E-state index contributed by atoms with van der Waals surface area (Å²) in [5, 5.41) is 3.02. The van der Waals surface area contributed by atoms with Crippen molar-refractivity contribution in [3.63, 3.8) is 0 Å². The topological polar surface area (TPSA) is 59.4 Å². The molecular weight excluding hydrogens is 230 g/mol. The van der Waals surface area contributed by atoms with E-state index in [-0.39, 0.29) is 5.56 Å². The van der Waals surface area contributed by atoms with Crippen molar-refractivity contribution < 1.29 is 4.74 Å². The number of aromatic nitrogens is 3. The van der Waals surface area contributed by atoms with E-state index in [4.69, 9.17) is 4.74 Å². The lowest BCUT2D eigenvalue weighted by Gasteiger charge is -2.00. The van der Waals surface area contributed by atoms with Crippen molar-refractivity contribution in [2.75, 3.05) is 7.11 Å². The maximum atomic E-state index is 11.6. The summed E-state index contributed by atoms with van der Waals surface area (Å²) in [6.07, 6.45) is 1.50. The van der Waals surface area contributed by atoms with Crippen LogP contribution in [0.4, 0.5) is 0 Å². The lowest BCUT2D eigenvalue weighted by atomic mass is 10.1. The van der Waals surface area contributed by atoms with Gasteiger partial charge in [0.2, 0.25) is 0 Å². The summed E-state index contributed by atoms with van der Waals surface area (Å²) in [5.74, 6) is 0.796. The first-order chi connectivity index (χ1) is 8.78. The van der Waals surface area contributed by atoms with Crippen molar-refractivity contribution in [2.24, 2.45) is 0 Å². The molecule has 0 saturated carbocycles. The molecule has 0 aliphatic heterocycles. The van der Waals surface area contributed by atoms with E-state index in [1.807, 2.05) is 30.3 Å². The number of H-pyrrole nitrogens is 1. The molecule has 0 atom stereocenters. The highest BCUT2D eigenvalue weighted by molar-refractivity contribution is 5.64. The van der Waals surface area contributed by atoms with Crippen molar-refractivity contribution in [3.05, 3.63) is 52.9 Å². The third-order valence-corrected chi connectivity index (χ3v) is 2.78. The molecule has 3 rings (SSSR count). The predicted octanol–water partition coefficient (Wildman–Crippen LogP) is 1.70. The van der Waals surface area contributed by atoms with Gasteiger partial charge in [0.1, 0.15) is 5.75 Å². The first-order valence-corrected chi connectivity index (χ1v) is 5.49. The summed E-state index contributed by atoms with van der Waals surface area (Å²) in [6.45, 7) is 0. The second kappa shape index (κ2) is 4.03. The highest BCUT2D eigenvalue weighted by Crippen LogP contribution is 2.21. The molecular formula is C13H11N3O2. The third kappa shape index (κ3) is 1.66. The van der Waals surface area contributed by atoms with E-state index in [9.17, 15) is 4.79 Å². The molecule has 90 valence electrons. The normalized spacial score (nSPS) is 10.7. The van der Waals surface area contributed by atoms with Crippen LogP contribution in [-0.4, -0.2) is 21.7 Å².